The predicted octanol–water partition coefficient (Wildman–Crippen LogP) is 3.10. The molecule has 2 N–H and O–H groups in total. The first-order valence-electron chi connectivity index (χ1n) is 8.31. The average Bonchev–Trinajstić information content (AvgIpc) is 2.54. The summed E-state index contributed by atoms with van der Waals surface area (Å²) in [7, 11) is 0. The van der Waals surface area contributed by atoms with Crippen LogP contribution in [0.4, 0.5) is 18.9 Å². The highest BCUT2D eigenvalue weighted by atomic mass is 19.4. The summed E-state index contributed by atoms with van der Waals surface area (Å²) in [5.74, 6) is -1.19. The number of carboxylic acid groups (broad SMARTS) is 1. The summed E-state index contributed by atoms with van der Waals surface area (Å²) in [5, 5.41) is 11.4. The Balaban J connectivity index is 1.79. The van der Waals surface area contributed by atoms with Gasteiger partial charge < -0.3 is 15.2 Å². The number of carbonyl (C=O) groups is 2. The maximum atomic E-state index is 12.1. The van der Waals surface area contributed by atoms with Crippen LogP contribution in [-0.2, 0) is 9.59 Å². The number of anilines is 1. The molecule has 6 nitrogen and oxygen atoms in total. The molecule has 1 aromatic carbocycles. The van der Waals surface area contributed by atoms with Gasteiger partial charge in [0, 0.05) is 18.7 Å². The Morgan fingerprint density at radius 1 is 1.27 bits per heavy atom. The molecule has 144 valence electrons. The number of piperidine rings is 1. The van der Waals surface area contributed by atoms with E-state index in [1.54, 1.807) is 0 Å². The number of amides is 1. The SMILES string of the molecule is O=C(O)CCC1CCCN(CC(=O)Nc2ccc(OC(F)(F)F)cc2)C1. The first-order chi connectivity index (χ1) is 12.2. The summed E-state index contributed by atoms with van der Waals surface area (Å²) in [6.45, 7) is 1.58. The fraction of sp³-hybridized carbons (Fsp3) is 0.529. The lowest BCUT2D eigenvalue weighted by atomic mass is 9.93. The van der Waals surface area contributed by atoms with Crippen molar-refractivity contribution in [3.8, 4) is 5.75 Å². The number of ether oxygens (including phenoxy) is 1. The average molecular weight is 374 g/mol. The molecule has 0 aromatic heterocycles. The number of halogens is 3. The summed E-state index contributed by atoms with van der Waals surface area (Å²) < 4.78 is 40.1. The van der Waals surface area contributed by atoms with Gasteiger partial charge in [-0.2, -0.15) is 0 Å². The third-order valence-corrected chi connectivity index (χ3v) is 4.11. The van der Waals surface area contributed by atoms with E-state index in [-0.39, 0.29) is 30.5 Å². The normalized spacial score (nSPS) is 18.3. The Morgan fingerprint density at radius 2 is 1.96 bits per heavy atom. The monoisotopic (exact) mass is 374 g/mol. The molecule has 1 aliphatic heterocycles. The Bertz CT molecular complexity index is 619. The van der Waals surface area contributed by atoms with Gasteiger partial charge in [0.2, 0.25) is 5.91 Å². The van der Waals surface area contributed by atoms with Gasteiger partial charge in [-0.3, -0.25) is 14.5 Å². The van der Waals surface area contributed by atoms with Crippen molar-refractivity contribution in [1.29, 1.82) is 0 Å². The number of rotatable bonds is 7. The van der Waals surface area contributed by atoms with Gasteiger partial charge >= 0.3 is 12.3 Å². The number of carbonyl (C=O) groups excluding carboxylic acids is 1. The smallest absolute Gasteiger partial charge is 0.481 e. The molecule has 1 fully saturated rings. The first-order valence-corrected chi connectivity index (χ1v) is 8.31. The molecule has 1 aliphatic rings. The number of likely N-dealkylation sites (tertiary alicyclic amines) is 1. The lowest BCUT2D eigenvalue weighted by molar-refractivity contribution is -0.274. The van der Waals surface area contributed by atoms with Crippen LogP contribution >= 0.6 is 0 Å². The molecule has 0 aliphatic carbocycles. The van der Waals surface area contributed by atoms with Crippen LogP contribution in [0.5, 0.6) is 5.75 Å². The molecule has 0 bridgehead atoms. The van der Waals surface area contributed by atoms with Crippen molar-refractivity contribution in [2.45, 2.75) is 32.0 Å². The minimum atomic E-state index is -4.75. The second-order valence-electron chi connectivity index (χ2n) is 6.30. The van der Waals surface area contributed by atoms with Crippen LogP contribution in [0.1, 0.15) is 25.7 Å². The number of nitrogens with zero attached hydrogens (tertiary/aromatic N) is 1. The Hall–Kier alpha value is -2.29. The Kier molecular flexibility index (Phi) is 6.84. The molecule has 1 aromatic rings. The molecule has 0 saturated carbocycles. The van der Waals surface area contributed by atoms with E-state index in [0.717, 1.165) is 31.5 Å². The lowest BCUT2D eigenvalue weighted by Crippen LogP contribution is -2.40. The van der Waals surface area contributed by atoms with Gasteiger partial charge in [0.1, 0.15) is 5.75 Å². The number of nitrogens with one attached hydrogen (secondary N) is 1. The van der Waals surface area contributed by atoms with Crippen molar-refractivity contribution in [2.75, 3.05) is 25.0 Å². The van der Waals surface area contributed by atoms with Gasteiger partial charge in [-0.25, -0.2) is 0 Å². The summed E-state index contributed by atoms with van der Waals surface area (Å²) in [6, 6.07) is 4.94. The van der Waals surface area contributed by atoms with Gasteiger partial charge in [-0.05, 0) is 56.0 Å². The number of hydrogen-bond acceptors (Lipinski definition) is 4. The summed E-state index contributed by atoms with van der Waals surface area (Å²) in [6.07, 6.45) is -2.19. The molecule has 9 heteroatoms. The Labute approximate surface area is 148 Å². The molecule has 1 saturated heterocycles. The van der Waals surface area contributed by atoms with Crippen molar-refractivity contribution in [2.24, 2.45) is 5.92 Å². The maximum Gasteiger partial charge on any atom is 0.573 e. The zero-order valence-electron chi connectivity index (χ0n) is 14.1. The first kappa shape index (κ1) is 20.0. The minimum absolute atomic E-state index is 0.122. The summed E-state index contributed by atoms with van der Waals surface area (Å²) in [5.41, 5.74) is 0.379. The second-order valence-corrected chi connectivity index (χ2v) is 6.30. The lowest BCUT2D eigenvalue weighted by Gasteiger charge is -2.32. The van der Waals surface area contributed by atoms with Crippen LogP contribution in [0.25, 0.3) is 0 Å². The van der Waals surface area contributed by atoms with Crippen molar-refractivity contribution in [1.82, 2.24) is 4.90 Å². The largest absolute Gasteiger partial charge is 0.573 e. The fourth-order valence-corrected chi connectivity index (χ4v) is 3.00. The molecule has 0 spiro atoms. The van der Waals surface area contributed by atoms with E-state index >= 15 is 0 Å². The summed E-state index contributed by atoms with van der Waals surface area (Å²) in [4.78, 5) is 24.7. The number of alkyl halides is 3. The molecule has 1 unspecified atom stereocenters. The quantitative estimate of drug-likeness (QED) is 0.767. The van der Waals surface area contributed by atoms with Gasteiger partial charge in [0.15, 0.2) is 0 Å². The highest BCUT2D eigenvalue weighted by Gasteiger charge is 2.31. The van der Waals surface area contributed by atoms with E-state index in [2.05, 4.69) is 10.1 Å². The highest BCUT2D eigenvalue weighted by Crippen LogP contribution is 2.24. The standard InChI is InChI=1S/C17H21F3N2O4/c18-17(19,20)26-14-6-4-13(5-7-14)21-15(23)11-22-9-1-2-12(10-22)3-8-16(24)25/h4-7,12H,1-3,8-11H2,(H,21,23)(H,24,25). The van der Waals surface area contributed by atoms with E-state index in [0.29, 0.717) is 18.7 Å². The van der Waals surface area contributed by atoms with E-state index in [1.165, 1.54) is 12.1 Å². The predicted molar refractivity (Wildman–Crippen MR) is 87.8 cm³/mol. The van der Waals surface area contributed by atoms with Crippen molar-refractivity contribution in [3.63, 3.8) is 0 Å². The second kappa shape index (κ2) is 8.88. The van der Waals surface area contributed by atoms with Crippen LogP contribution in [-0.4, -0.2) is 47.9 Å². The van der Waals surface area contributed by atoms with E-state index < -0.39 is 12.3 Å². The van der Waals surface area contributed by atoms with Crippen molar-refractivity contribution >= 4 is 17.6 Å². The van der Waals surface area contributed by atoms with Gasteiger partial charge in [0.05, 0.1) is 6.54 Å². The molecular weight excluding hydrogens is 353 g/mol. The van der Waals surface area contributed by atoms with Crippen LogP contribution < -0.4 is 10.1 Å². The maximum absolute atomic E-state index is 12.1. The number of benzene rings is 1. The minimum Gasteiger partial charge on any atom is -0.481 e. The zero-order chi connectivity index (χ0) is 19.2. The molecule has 0 radical (unpaired) electrons. The number of carboxylic acids is 1. The van der Waals surface area contributed by atoms with Gasteiger partial charge in [0.25, 0.3) is 0 Å². The third-order valence-electron chi connectivity index (χ3n) is 4.11. The van der Waals surface area contributed by atoms with E-state index in [1.807, 2.05) is 4.90 Å². The molecule has 26 heavy (non-hydrogen) atoms. The van der Waals surface area contributed by atoms with Crippen LogP contribution in [0.3, 0.4) is 0 Å². The van der Waals surface area contributed by atoms with Crippen molar-refractivity contribution < 1.29 is 32.6 Å². The van der Waals surface area contributed by atoms with Gasteiger partial charge in [-0.15, -0.1) is 13.2 Å². The van der Waals surface area contributed by atoms with Gasteiger partial charge in [-0.1, -0.05) is 0 Å². The molecule has 1 heterocycles. The molecule has 1 amide bonds. The van der Waals surface area contributed by atoms with Crippen LogP contribution in [0.15, 0.2) is 24.3 Å². The Morgan fingerprint density at radius 3 is 2.58 bits per heavy atom. The fourth-order valence-electron chi connectivity index (χ4n) is 3.00. The summed E-state index contributed by atoms with van der Waals surface area (Å²) >= 11 is 0. The molecule has 2 rings (SSSR count). The van der Waals surface area contributed by atoms with Crippen LogP contribution in [0.2, 0.25) is 0 Å². The van der Waals surface area contributed by atoms with E-state index in [4.69, 9.17) is 5.11 Å². The third kappa shape index (κ3) is 7.30. The molecular formula is C17H21F3N2O4. The number of hydrogen-bond donors (Lipinski definition) is 2. The zero-order valence-corrected chi connectivity index (χ0v) is 14.1. The van der Waals surface area contributed by atoms with Crippen molar-refractivity contribution in [3.05, 3.63) is 24.3 Å². The highest BCUT2D eigenvalue weighted by molar-refractivity contribution is 5.92. The topological polar surface area (TPSA) is 78.9 Å². The number of aliphatic carboxylic acids is 1. The van der Waals surface area contributed by atoms with E-state index in [9.17, 15) is 22.8 Å². The molecule has 1 atom stereocenters. The van der Waals surface area contributed by atoms with Crippen LogP contribution in [0, 0.1) is 5.92 Å².